The molecule has 0 radical (unpaired) electrons. The molecule has 2 saturated carbocycles. The molecule has 4 aliphatic rings. The van der Waals surface area contributed by atoms with Crippen molar-refractivity contribution in [1.82, 2.24) is 0 Å². The maximum atomic E-state index is 6.59. The van der Waals surface area contributed by atoms with Crippen molar-refractivity contribution in [3.63, 3.8) is 0 Å². The van der Waals surface area contributed by atoms with E-state index in [1.54, 1.807) is 0 Å². The average molecular weight is 1040 g/mol. The summed E-state index contributed by atoms with van der Waals surface area (Å²) in [7, 11) is 0. The first-order valence-corrected chi connectivity index (χ1v) is 29.0. The van der Waals surface area contributed by atoms with Crippen molar-refractivity contribution < 1.29 is 28.4 Å². The first-order chi connectivity index (χ1) is 38.5. The minimum Gasteiger partial charge on any atom is -0.493 e. The Morgan fingerprint density at radius 3 is 0.910 bits per heavy atom. The highest BCUT2D eigenvalue weighted by atomic mass is 16.6. The zero-order valence-corrected chi connectivity index (χ0v) is 45.3. The number of benzene rings is 8. The standard InChI is InChI=1S/C72H74O6/c1-52(46-73-65-38-30-61(31-39-65)71(57-18-10-4-11-19-57,63-34-42-67(43-35-63)75-48-69-50-77-69)59-26-22-55(23-27-59)53-14-6-2-7-15-53)47-74-66-40-32-62(33-41-66)72(58-20-12-5-13-21-58,64-36-44-68(45-37-64)76-49-70-51-78-70)60-28-24-56(25-29-60)54-16-8-3-9-17-54/h2-3,6-9,14-17,22-45,52,57-58,69-70H,4-5,10-13,18-21,46-51H2,1H3. The molecular formula is C72H74O6. The molecule has 78 heavy (non-hydrogen) atoms. The van der Waals surface area contributed by atoms with Gasteiger partial charge in [-0.15, -0.1) is 0 Å². The molecule has 4 atom stereocenters. The minimum atomic E-state index is -0.364. The first kappa shape index (κ1) is 51.6. The summed E-state index contributed by atoms with van der Waals surface area (Å²) in [4.78, 5) is 0. The van der Waals surface area contributed by atoms with Crippen molar-refractivity contribution >= 4 is 0 Å². The van der Waals surface area contributed by atoms with Crippen LogP contribution >= 0.6 is 0 Å². The summed E-state index contributed by atoms with van der Waals surface area (Å²) in [5, 5.41) is 0. The van der Waals surface area contributed by atoms with E-state index in [-0.39, 0.29) is 29.0 Å². The van der Waals surface area contributed by atoms with E-state index in [4.69, 9.17) is 28.4 Å². The van der Waals surface area contributed by atoms with Gasteiger partial charge in [0.1, 0.15) is 48.4 Å². The SMILES string of the molecule is CC(COc1ccc(C(c2ccc(OCC3CO3)cc2)(c2ccc(-c3ccccc3)cc2)C2CCCCC2)cc1)COc1ccc(C(c2ccc(OCC3CO3)cc2)(c2ccc(-c3ccccc3)cc2)C2CCCCC2)cc1. The average Bonchev–Trinajstić information content (AvgIpc) is 4.49. The fraction of sp³-hybridized carbons (Fsp3) is 0.333. The second kappa shape index (κ2) is 23.9. The van der Waals surface area contributed by atoms with Gasteiger partial charge < -0.3 is 28.4 Å². The summed E-state index contributed by atoms with van der Waals surface area (Å²) < 4.78 is 36.4. The molecular weight excluding hydrogens is 961 g/mol. The van der Waals surface area contributed by atoms with Gasteiger partial charge in [-0.05, 0) is 142 Å². The Kier molecular flexibility index (Phi) is 15.8. The van der Waals surface area contributed by atoms with E-state index in [0.29, 0.717) is 38.3 Å². The van der Waals surface area contributed by atoms with Gasteiger partial charge in [-0.1, -0.05) is 203 Å². The Labute approximate surface area is 462 Å². The van der Waals surface area contributed by atoms with E-state index in [2.05, 4.69) is 213 Å². The maximum Gasteiger partial charge on any atom is 0.119 e. The van der Waals surface area contributed by atoms with Gasteiger partial charge in [0.15, 0.2) is 0 Å². The second-order valence-electron chi connectivity index (χ2n) is 22.5. The molecule has 2 saturated heterocycles. The van der Waals surface area contributed by atoms with Gasteiger partial charge in [-0.2, -0.15) is 0 Å². The predicted molar refractivity (Wildman–Crippen MR) is 313 cm³/mol. The molecule has 0 N–H and O–H groups in total. The number of epoxide rings is 2. The summed E-state index contributed by atoms with van der Waals surface area (Å²) in [6.45, 7) is 6.02. The van der Waals surface area contributed by atoms with E-state index in [1.807, 2.05) is 0 Å². The van der Waals surface area contributed by atoms with E-state index >= 15 is 0 Å². The molecule has 2 aliphatic carbocycles. The highest BCUT2D eigenvalue weighted by Gasteiger charge is 2.46. The molecule has 8 aromatic rings. The van der Waals surface area contributed by atoms with Crippen molar-refractivity contribution in [1.29, 1.82) is 0 Å². The molecule has 4 unspecified atom stereocenters. The van der Waals surface area contributed by atoms with Gasteiger partial charge in [0.05, 0.1) is 26.4 Å². The van der Waals surface area contributed by atoms with Crippen LogP contribution in [0.2, 0.25) is 0 Å². The molecule has 12 rings (SSSR count). The van der Waals surface area contributed by atoms with Gasteiger partial charge in [0, 0.05) is 16.7 Å². The van der Waals surface area contributed by atoms with E-state index in [1.165, 1.54) is 120 Å². The number of ether oxygens (including phenoxy) is 6. The van der Waals surface area contributed by atoms with Crippen molar-refractivity contribution in [3.05, 3.63) is 240 Å². The molecule has 2 aliphatic heterocycles. The second-order valence-corrected chi connectivity index (χ2v) is 22.5. The van der Waals surface area contributed by atoms with Gasteiger partial charge >= 0.3 is 0 Å². The molecule has 0 spiro atoms. The van der Waals surface area contributed by atoms with Crippen molar-refractivity contribution in [2.75, 3.05) is 39.6 Å². The Bertz CT molecular complexity index is 2910. The highest BCUT2D eigenvalue weighted by Crippen LogP contribution is 2.53. The number of hydrogen-bond acceptors (Lipinski definition) is 6. The van der Waals surface area contributed by atoms with Gasteiger partial charge in [0.25, 0.3) is 0 Å². The van der Waals surface area contributed by atoms with Crippen LogP contribution in [0.4, 0.5) is 0 Å². The van der Waals surface area contributed by atoms with E-state index < -0.39 is 0 Å². The topological polar surface area (TPSA) is 62.0 Å². The van der Waals surface area contributed by atoms with Crippen LogP contribution in [0.25, 0.3) is 22.3 Å². The van der Waals surface area contributed by atoms with Crippen molar-refractivity contribution in [2.24, 2.45) is 17.8 Å². The number of hydrogen-bond donors (Lipinski definition) is 0. The van der Waals surface area contributed by atoms with Crippen LogP contribution in [0.15, 0.2) is 206 Å². The summed E-state index contributed by atoms with van der Waals surface area (Å²) in [6.07, 6.45) is 12.6. The quantitative estimate of drug-likeness (QED) is 0.0498. The normalized spacial score (nSPS) is 19.4. The van der Waals surface area contributed by atoms with Gasteiger partial charge in [-0.3, -0.25) is 0 Å². The fourth-order valence-corrected chi connectivity index (χ4v) is 13.1. The molecule has 6 nitrogen and oxygen atoms in total. The van der Waals surface area contributed by atoms with Crippen molar-refractivity contribution in [3.8, 4) is 45.3 Å². The monoisotopic (exact) mass is 1030 g/mol. The largest absolute Gasteiger partial charge is 0.493 e. The van der Waals surface area contributed by atoms with Crippen LogP contribution in [0, 0.1) is 17.8 Å². The molecule has 0 aromatic heterocycles. The van der Waals surface area contributed by atoms with Crippen molar-refractivity contribution in [2.45, 2.75) is 94.2 Å². The number of rotatable bonds is 22. The summed E-state index contributed by atoms with van der Waals surface area (Å²) in [5.74, 6) is 4.49. The molecule has 398 valence electrons. The van der Waals surface area contributed by atoms with Crippen LogP contribution < -0.4 is 18.9 Å². The van der Waals surface area contributed by atoms with Crippen LogP contribution in [0.5, 0.6) is 23.0 Å². The first-order valence-electron chi connectivity index (χ1n) is 29.0. The third-order valence-electron chi connectivity index (χ3n) is 17.3. The van der Waals surface area contributed by atoms with Crippen LogP contribution in [-0.4, -0.2) is 51.8 Å². The lowest BCUT2D eigenvalue weighted by Gasteiger charge is -2.45. The molecule has 6 heteroatoms. The predicted octanol–water partition coefficient (Wildman–Crippen LogP) is 16.5. The minimum absolute atomic E-state index is 0.151. The van der Waals surface area contributed by atoms with E-state index in [0.717, 1.165) is 36.2 Å². The Hall–Kier alpha value is -7.12. The lowest BCUT2D eigenvalue weighted by Crippen LogP contribution is -2.39. The fourth-order valence-electron chi connectivity index (χ4n) is 13.1. The smallest absolute Gasteiger partial charge is 0.119 e. The lowest BCUT2D eigenvalue weighted by molar-refractivity contribution is 0.188. The van der Waals surface area contributed by atoms with Crippen LogP contribution in [0.3, 0.4) is 0 Å². The summed E-state index contributed by atoms with van der Waals surface area (Å²) >= 11 is 0. The summed E-state index contributed by atoms with van der Waals surface area (Å²) in [5.41, 5.74) is 12.0. The van der Waals surface area contributed by atoms with E-state index in [9.17, 15) is 0 Å². The summed E-state index contributed by atoms with van der Waals surface area (Å²) in [6, 6.07) is 76.0. The van der Waals surface area contributed by atoms with Gasteiger partial charge in [0.2, 0.25) is 0 Å². The lowest BCUT2D eigenvalue weighted by atomic mass is 9.58. The molecule has 2 heterocycles. The molecule has 4 fully saturated rings. The zero-order valence-electron chi connectivity index (χ0n) is 45.3. The van der Waals surface area contributed by atoms with Gasteiger partial charge in [-0.25, -0.2) is 0 Å². The third-order valence-corrected chi connectivity index (χ3v) is 17.3. The molecule has 0 amide bonds. The van der Waals surface area contributed by atoms with Crippen LogP contribution in [-0.2, 0) is 20.3 Å². The highest BCUT2D eigenvalue weighted by molar-refractivity contribution is 5.67. The maximum absolute atomic E-state index is 6.59. The molecule has 8 aromatic carbocycles. The third kappa shape index (κ3) is 11.4. The Balaban J connectivity index is 0.777. The Morgan fingerprint density at radius 2 is 0.615 bits per heavy atom. The molecule has 0 bridgehead atoms. The van der Waals surface area contributed by atoms with Crippen LogP contribution in [0.1, 0.15) is 105 Å². The Morgan fingerprint density at radius 1 is 0.346 bits per heavy atom. The zero-order chi connectivity index (χ0) is 52.6.